The van der Waals surface area contributed by atoms with Crippen LogP contribution in [0.4, 0.5) is 0 Å². The van der Waals surface area contributed by atoms with Gasteiger partial charge in [-0.3, -0.25) is 0 Å². The van der Waals surface area contributed by atoms with Crippen LogP contribution in [0.1, 0.15) is 291 Å². The Morgan fingerprint density at radius 3 is 2.05 bits per heavy atom. The molecule has 3 aliphatic rings. The van der Waals surface area contributed by atoms with Gasteiger partial charge in [-0.15, -0.1) is 0 Å². The molecular weight excluding hydrogens is 781 g/mol. The fourth-order valence-electron chi connectivity index (χ4n) is 14.6. The molecule has 0 heteroatoms. The molecule has 0 amide bonds. The van der Waals surface area contributed by atoms with Crippen LogP contribution >= 0.6 is 0 Å². The van der Waals surface area contributed by atoms with E-state index in [1.807, 2.05) is 0 Å². The lowest BCUT2D eigenvalue weighted by molar-refractivity contribution is -0.00256. The summed E-state index contributed by atoms with van der Waals surface area (Å²) in [6.45, 7) is 41.8. The van der Waals surface area contributed by atoms with Crippen LogP contribution in [-0.4, -0.2) is 0 Å². The SMILES string of the molecule is CCC[C@@H]1CC[C@@H](CC(C)C)[C@H](CC)C1.CC[C@@H](C[C@]1(C)CC[C@@H](C)[C@](C)(CCC2CCCC[C@]2(C)CCCCCC(C)C)C1)/C(C)=C/C=C/C=C/[C@H](C)C[C@@H](C)C[C@H](CC)[C@H](C)CC. The van der Waals surface area contributed by atoms with Crippen LogP contribution < -0.4 is 0 Å². The molecule has 0 aromatic carbocycles. The maximum Gasteiger partial charge on any atom is -0.0200 e. The molecule has 3 saturated carbocycles. The van der Waals surface area contributed by atoms with Crippen LogP contribution in [0.25, 0.3) is 0 Å². The van der Waals surface area contributed by atoms with Crippen molar-refractivity contribution in [3.8, 4) is 0 Å². The van der Waals surface area contributed by atoms with E-state index in [2.05, 4.69) is 148 Å². The van der Waals surface area contributed by atoms with Crippen LogP contribution in [-0.2, 0) is 0 Å². The lowest BCUT2D eigenvalue weighted by atomic mass is 9.54. The Labute approximate surface area is 412 Å². The Hall–Kier alpha value is -0.780. The van der Waals surface area contributed by atoms with Crippen molar-refractivity contribution >= 4 is 0 Å². The van der Waals surface area contributed by atoms with E-state index in [0.717, 1.165) is 59.2 Å². The van der Waals surface area contributed by atoms with Gasteiger partial charge < -0.3 is 0 Å². The molecule has 0 aliphatic heterocycles. The van der Waals surface area contributed by atoms with Crippen LogP contribution in [0.3, 0.4) is 0 Å². The van der Waals surface area contributed by atoms with Crippen molar-refractivity contribution in [3.63, 3.8) is 0 Å². The number of rotatable bonds is 28. The van der Waals surface area contributed by atoms with E-state index < -0.39 is 0 Å². The molecule has 0 radical (unpaired) electrons. The Kier molecular flexibility index (Phi) is 29.2. The smallest absolute Gasteiger partial charge is 0.0200 e. The van der Waals surface area contributed by atoms with E-state index >= 15 is 0 Å². The molecule has 0 N–H and O–H groups in total. The fraction of sp³-hybridized carbons (Fsp3) is 0.908. The third kappa shape index (κ3) is 22.2. The van der Waals surface area contributed by atoms with Gasteiger partial charge >= 0.3 is 0 Å². The van der Waals surface area contributed by atoms with Crippen LogP contribution in [0.2, 0.25) is 0 Å². The normalized spacial score (nSPS) is 31.6. The summed E-state index contributed by atoms with van der Waals surface area (Å²) in [4.78, 5) is 0. The Morgan fingerprint density at radius 1 is 0.677 bits per heavy atom. The lowest BCUT2D eigenvalue weighted by Gasteiger charge is -2.51. The van der Waals surface area contributed by atoms with Crippen molar-refractivity contribution in [2.24, 2.45) is 87.3 Å². The molecule has 0 aromatic heterocycles. The molecular formula is C65H122. The average Bonchev–Trinajstić information content (AvgIpc) is 3.25. The summed E-state index contributed by atoms with van der Waals surface area (Å²) in [6, 6.07) is 0. The summed E-state index contributed by atoms with van der Waals surface area (Å²) in [6.07, 6.45) is 50.4. The zero-order valence-electron chi connectivity index (χ0n) is 47.9. The Balaban J connectivity index is 0.000000814. The molecule has 3 rings (SSSR count). The van der Waals surface area contributed by atoms with Crippen molar-refractivity contribution in [1.29, 1.82) is 0 Å². The summed E-state index contributed by atoms with van der Waals surface area (Å²) in [7, 11) is 0. The van der Waals surface area contributed by atoms with E-state index in [4.69, 9.17) is 0 Å². The second kappa shape index (κ2) is 31.4. The van der Waals surface area contributed by atoms with Gasteiger partial charge in [-0.1, -0.05) is 224 Å². The molecule has 1 unspecified atom stereocenters. The zero-order valence-corrected chi connectivity index (χ0v) is 47.9. The highest BCUT2D eigenvalue weighted by Gasteiger charge is 2.45. The first-order valence-electron chi connectivity index (χ1n) is 29.8. The van der Waals surface area contributed by atoms with Crippen molar-refractivity contribution in [2.45, 2.75) is 291 Å². The minimum atomic E-state index is 0.463. The van der Waals surface area contributed by atoms with Gasteiger partial charge in [0, 0.05) is 0 Å². The topological polar surface area (TPSA) is 0 Å². The fourth-order valence-corrected chi connectivity index (χ4v) is 14.6. The summed E-state index contributed by atoms with van der Waals surface area (Å²) in [5, 5.41) is 0. The third-order valence-corrected chi connectivity index (χ3v) is 19.4. The molecule has 0 bridgehead atoms. The predicted molar refractivity (Wildman–Crippen MR) is 297 cm³/mol. The van der Waals surface area contributed by atoms with E-state index in [9.17, 15) is 0 Å². The van der Waals surface area contributed by atoms with E-state index in [-0.39, 0.29) is 0 Å². The molecule has 0 heterocycles. The summed E-state index contributed by atoms with van der Waals surface area (Å²) in [5.41, 5.74) is 3.13. The van der Waals surface area contributed by atoms with Gasteiger partial charge in [0.05, 0.1) is 0 Å². The third-order valence-electron chi connectivity index (χ3n) is 19.4. The minimum absolute atomic E-state index is 0.463. The number of allylic oxidation sites excluding steroid dienone is 6. The molecule has 0 saturated heterocycles. The predicted octanol–water partition coefficient (Wildman–Crippen LogP) is 22.3. The largest absolute Gasteiger partial charge is 0.0817 e. The van der Waals surface area contributed by atoms with E-state index in [0.29, 0.717) is 28.1 Å². The first kappa shape index (κ1) is 60.3. The molecule has 382 valence electrons. The second-order valence-corrected chi connectivity index (χ2v) is 26.3. The number of hydrogen-bond acceptors (Lipinski definition) is 0. The lowest BCUT2D eigenvalue weighted by Crippen LogP contribution is -2.40. The Bertz CT molecular complexity index is 1290. The summed E-state index contributed by atoms with van der Waals surface area (Å²) >= 11 is 0. The first-order chi connectivity index (χ1) is 30.8. The van der Waals surface area contributed by atoms with Crippen molar-refractivity contribution in [3.05, 3.63) is 36.0 Å². The standard InChI is InChI=1S/C50H92.C15H30/c1-14-42(8)45(15-2)36-41(7)35-40(6)26-20-17-21-27-43(9)46(16-3)37-48(11)33-29-44(10)50(13,38-48)34-30-47-28-22-24-32-49(47,12)31-23-18-19-25-39(4)5;1-5-7-13-8-9-15(10-12(3)4)14(6-2)11-13/h17,20-21,26-27,39-42,44-47H,14-16,18-19,22-25,28-38H2,1-13H3;12-15H,5-11H2,1-4H3/b21-17+,26-20+,43-27+;/t40-,41+,42+,44+,45-,46-,47?,48-,49-,50+;13-,14-,15+/m01/s1. The minimum Gasteiger partial charge on any atom is -0.0817 e. The van der Waals surface area contributed by atoms with Gasteiger partial charge in [-0.2, -0.15) is 0 Å². The van der Waals surface area contributed by atoms with E-state index in [1.165, 1.54) is 173 Å². The first-order valence-corrected chi connectivity index (χ1v) is 29.8. The highest BCUT2D eigenvalue weighted by Crippen LogP contribution is 2.57. The quantitative estimate of drug-likeness (QED) is 0.0542. The van der Waals surface area contributed by atoms with Crippen LogP contribution in [0.5, 0.6) is 0 Å². The van der Waals surface area contributed by atoms with Crippen molar-refractivity contribution in [1.82, 2.24) is 0 Å². The Morgan fingerprint density at radius 2 is 1.42 bits per heavy atom. The highest BCUT2D eigenvalue weighted by atomic mass is 14.5. The van der Waals surface area contributed by atoms with Crippen molar-refractivity contribution < 1.29 is 0 Å². The van der Waals surface area contributed by atoms with Gasteiger partial charge in [-0.25, -0.2) is 0 Å². The molecule has 65 heavy (non-hydrogen) atoms. The molecule has 0 aromatic rings. The molecule has 0 nitrogen and oxygen atoms in total. The van der Waals surface area contributed by atoms with Gasteiger partial charge in [0.2, 0.25) is 0 Å². The number of hydrogen-bond donors (Lipinski definition) is 0. The highest BCUT2D eigenvalue weighted by molar-refractivity contribution is 5.18. The second-order valence-electron chi connectivity index (χ2n) is 26.3. The molecule has 0 spiro atoms. The van der Waals surface area contributed by atoms with Gasteiger partial charge in [-0.05, 0) is 190 Å². The van der Waals surface area contributed by atoms with Gasteiger partial charge in [0.1, 0.15) is 0 Å². The monoisotopic (exact) mass is 903 g/mol. The molecule has 3 aliphatic carbocycles. The summed E-state index contributed by atoms with van der Waals surface area (Å²) in [5.74, 6) is 10.6. The van der Waals surface area contributed by atoms with Crippen LogP contribution in [0.15, 0.2) is 36.0 Å². The number of unbranched alkanes of at least 4 members (excludes halogenated alkanes) is 2. The van der Waals surface area contributed by atoms with E-state index in [1.54, 1.807) is 5.57 Å². The zero-order chi connectivity index (χ0) is 48.6. The summed E-state index contributed by atoms with van der Waals surface area (Å²) < 4.78 is 0. The molecule has 3 fully saturated rings. The molecule has 13 atom stereocenters. The maximum atomic E-state index is 2.70. The van der Waals surface area contributed by atoms with Crippen molar-refractivity contribution in [2.75, 3.05) is 0 Å². The van der Waals surface area contributed by atoms with Gasteiger partial charge in [0.15, 0.2) is 0 Å². The average molecular weight is 904 g/mol. The van der Waals surface area contributed by atoms with Gasteiger partial charge in [0.25, 0.3) is 0 Å². The maximum absolute atomic E-state index is 2.70. The van der Waals surface area contributed by atoms with Crippen LogP contribution in [0, 0.1) is 87.3 Å².